The quantitative estimate of drug-likeness (QED) is 0.859. The van der Waals surface area contributed by atoms with Gasteiger partial charge in [0, 0.05) is 18.2 Å². The molecule has 0 aliphatic carbocycles. The lowest BCUT2D eigenvalue weighted by atomic mass is 10.1. The number of rotatable bonds is 6. The zero-order valence-electron chi connectivity index (χ0n) is 11.5. The standard InChI is InChI=1S/C16H16F3NO/c1-11(12-6-8-14(17)9-7-12)20-10-13-4-2-3-5-15(13)21-16(18)19/h2-9,11,16,20H,10H2,1H3/t11-/m0/s1. The van der Waals surface area contributed by atoms with Crippen molar-refractivity contribution in [2.45, 2.75) is 26.1 Å². The number of halogens is 3. The highest BCUT2D eigenvalue weighted by Gasteiger charge is 2.10. The van der Waals surface area contributed by atoms with Crippen LogP contribution in [0.2, 0.25) is 0 Å². The molecular weight excluding hydrogens is 279 g/mol. The number of benzene rings is 2. The van der Waals surface area contributed by atoms with Gasteiger partial charge in [-0.2, -0.15) is 8.78 Å². The van der Waals surface area contributed by atoms with Crippen molar-refractivity contribution in [3.8, 4) is 5.75 Å². The molecule has 2 rings (SSSR count). The van der Waals surface area contributed by atoms with E-state index in [2.05, 4.69) is 10.1 Å². The monoisotopic (exact) mass is 295 g/mol. The van der Waals surface area contributed by atoms with Gasteiger partial charge in [-0.3, -0.25) is 0 Å². The summed E-state index contributed by atoms with van der Waals surface area (Å²) in [6.07, 6.45) is 0. The molecule has 0 heterocycles. The van der Waals surface area contributed by atoms with E-state index in [9.17, 15) is 13.2 Å². The molecular formula is C16H16F3NO. The van der Waals surface area contributed by atoms with Crippen LogP contribution in [0, 0.1) is 5.82 Å². The van der Waals surface area contributed by atoms with Crippen molar-refractivity contribution >= 4 is 0 Å². The molecule has 5 heteroatoms. The Hall–Kier alpha value is -2.01. The summed E-state index contributed by atoms with van der Waals surface area (Å²) >= 11 is 0. The van der Waals surface area contributed by atoms with Gasteiger partial charge in [-0.15, -0.1) is 0 Å². The predicted molar refractivity (Wildman–Crippen MR) is 74.7 cm³/mol. The van der Waals surface area contributed by atoms with Crippen LogP contribution in [0.5, 0.6) is 5.75 Å². The molecule has 1 N–H and O–H groups in total. The summed E-state index contributed by atoms with van der Waals surface area (Å²) in [6.45, 7) is -0.550. The van der Waals surface area contributed by atoms with Gasteiger partial charge in [0.1, 0.15) is 11.6 Å². The van der Waals surface area contributed by atoms with Crippen LogP contribution in [0.25, 0.3) is 0 Å². The third-order valence-corrected chi connectivity index (χ3v) is 3.16. The Balaban J connectivity index is 2.01. The lowest BCUT2D eigenvalue weighted by molar-refractivity contribution is -0.0505. The van der Waals surface area contributed by atoms with Gasteiger partial charge in [-0.1, -0.05) is 30.3 Å². The second kappa shape index (κ2) is 7.13. The summed E-state index contributed by atoms with van der Waals surface area (Å²) in [7, 11) is 0. The van der Waals surface area contributed by atoms with Crippen molar-refractivity contribution in [3.63, 3.8) is 0 Å². The Kier molecular flexibility index (Phi) is 5.22. The normalized spacial score (nSPS) is 12.4. The van der Waals surface area contributed by atoms with Crippen LogP contribution in [0.3, 0.4) is 0 Å². The van der Waals surface area contributed by atoms with Crippen molar-refractivity contribution in [1.29, 1.82) is 0 Å². The van der Waals surface area contributed by atoms with Crippen molar-refractivity contribution in [2.24, 2.45) is 0 Å². The number of hydrogen-bond acceptors (Lipinski definition) is 2. The Bertz CT molecular complexity index is 572. The van der Waals surface area contributed by atoms with Gasteiger partial charge in [0.25, 0.3) is 0 Å². The lowest BCUT2D eigenvalue weighted by Gasteiger charge is -2.16. The van der Waals surface area contributed by atoms with Gasteiger partial charge in [-0.25, -0.2) is 4.39 Å². The Morgan fingerprint density at radius 2 is 1.71 bits per heavy atom. The molecule has 0 aromatic heterocycles. The zero-order valence-corrected chi connectivity index (χ0v) is 11.5. The van der Waals surface area contributed by atoms with Crippen LogP contribution < -0.4 is 10.1 Å². The maximum Gasteiger partial charge on any atom is 0.387 e. The first kappa shape index (κ1) is 15.4. The average molecular weight is 295 g/mol. The highest BCUT2D eigenvalue weighted by Crippen LogP contribution is 2.21. The van der Waals surface area contributed by atoms with Crippen LogP contribution in [0.15, 0.2) is 48.5 Å². The number of para-hydroxylation sites is 1. The molecule has 2 aromatic rings. The van der Waals surface area contributed by atoms with E-state index >= 15 is 0 Å². The van der Waals surface area contributed by atoms with Crippen LogP contribution in [-0.4, -0.2) is 6.61 Å². The fourth-order valence-corrected chi connectivity index (χ4v) is 1.99. The molecule has 0 radical (unpaired) electrons. The number of alkyl halides is 2. The molecule has 0 amide bonds. The van der Waals surface area contributed by atoms with Crippen LogP contribution in [-0.2, 0) is 6.54 Å². The highest BCUT2D eigenvalue weighted by atomic mass is 19.3. The summed E-state index contributed by atoms with van der Waals surface area (Å²) < 4.78 is 42.0. The van der Waals surface area contributed by atoms with E-state index in [1.54, 1.807) is 30.3 Å². The van der Waals surface area contributed by atoms with Gasteiger partial charge >= 0.3 is 6.61 Å². The largest absolute Gasteiger partial charge is 0.434 e. The van der Waals surface area contributed by atoms with E-state index < -0.39 is 6.61 Å². The molecule has 0 bridgehead atoms. The zero-order chi connectivity index (χ0) is 15.2. The highest BCUT2D eigenvalue weighted by molar-refractivity contribution is 5.33. The minimum absolute atomic E-state index is 0.0368. The van der Waals surface area contributed by atoms with E-state index in [1.165, 1.54) is 18.2 Å². The fraction of sp³-hybridized carbons (Fsp3) is 0.250. The summed E-state index contributed by atoms with van der Waals surface area (Å²) in [6, 6.07) is 12.8. The van der Waals surface area contributed by atoms with E-state index in [0.717, 1.165) is 5.56 Å². The van der Waals surface area contributed by atoms with Gasteiger partial charge < -0.3 is 10.1 Å². The van der Waals surface area contributed by atoms with Gasteiger partial charge in [0.2, 0.25) is 0 Å². The summed E-state index contributed by atoms with van der Waals surface area (Å²) in [5, 5.41) is 3.20. The molecule has 0 fully saturated rings. The topological polar surface area (TPSA) is 21.3 Å². The van der Waals surface area contributed by atoms with E-state index in [-0.39, 0.29) is 17.6 Å². The number of ether oxygens (including phenoxy) is 1. The van der Waals surface area contributed by atoms with Crippen molar-refractivity contribution in [3.05, 3.63) is 65.5 Å². The van der Waals surface area contributed by atoms with E-state index in [1.807, 2.05) is 6.92 Å². The average Bonchev–Trinajstić information content (AvgIpc) is 2.46. The minimum atomic E-state index is -2.85. The first-order valence-electron chi connectivity index (χ1n) is 6.58. The molecule has 21 heavy (non-hydrogen) atoms. The molecule has 0 unspecified atom stereocenters. The van der Waals surface area contributed by atoms with Gasteiger partial charge in [-0.05, 0) is 30.7 Å². The molecule has 0 saturated carbocycles. The Morgan fingerprint density at radius 1 is 1.05 bits per heavy atom. The molecule has 0 aliphatic rings. The van der Waals surface area contributed by atoms with Crippen molar-refractivity contribution in [1.82, 2.24) is 5.32 Å². The second-order valence-corrected chi connectivity index (χ2v) is 4.64. The predicted octanol–water partition coefficient (Wildman–Crippen LogP) is 4.28. The lowest BCUT2D eigenvalue weighted by Crippen LogP contribution is -2.19. The van der Waals surface area contributed by atoms with Gasteiger partial charge in [0.05, 0.1) is 0 Å². The van der Waals surface area contributed by atoms with Crippen molar-refractivity contribution < 1.29 is 17.9 Å². The fourth-order valence-electron chi connectivity index (χ4n) is 1.99. The summed E-state index contributed by atoms with van der Waals surface area (Å²) in [5.74, 6) is -0.132. The molecule has 2 aromatic carbocycles. The summed E-state index contributed by atoms with van der Waals surface area (Å²) in [4.78, 5) is 0. The van der Waals surface area contributed by atoms with Crippen LogP contribution >= 0.6 is 0 Å². The third kappa shape index (κ3) is 4.49. The smallest absolute Gasteiger partial charge is 0.387 e. The van der Waals surface area contributed by atoms with E-state index in [4.69, 9.17) is 0 Å². The molecule has 112 valence electrons. The number of nitrogens with one attached hydrogen (secondary N) is 1. The first-order valence-corrected chi connectivity index (χ1v) is 6.58. The maximum atomic E-state index is 12.9. The Labute approximate surface area is 121 Å². The Morgan fingerprint density at radius 3 is 2.38 bits per heavy atom. The number of hydrogen-bond donors (Lipinski definition) is 1. The summed E-state index contributed by atoms with van der Waals surface area (Å²) in [5.41, 5.74) is 1.57. The minimum Gasteiger partial charge on any atom is -0.434 e. The molecule has 2 nitrogen and oxygen atoms in total. The maximum absolute atomic E-state index is 12.9. The van der Waals surface area contributed by atoms with Crippen LogP contribution in [0.4, 0.5) is 13.2 Å². The van der Waals surface area contributed by atoms with Gasteiger partial charge in [0.15, 0.2) is 0 Å². The SMILES string of the molecule is C[C@H](NCc1ccccc1OC(F)F)c1ccc(F)cc1. The van der Waals surface area contributed by atoms with E-state index in [0.29, 0.717) is 12.1 Å². The van der Waals surface area contributed by atoms with Crippen molar-refractivity contribution in [2.75, 3.05) is 0 Å². The molecule has 0 spiro atoms. The molecule has 0 saturated heterocycles. The molecule has 0 aliphatic heterocycles. The molecule has 1 atom stereocenters. The third-order valence-electron chi connectivity index (χ3n) is 3.16. The first-order chi connectivity index (χ1) is 10.1. The van der Waals surface area contributed by atoms with Crippen LogP contribution in [0.1, 0.15) is 24.1 Å². The second-order valence-electron chi connectivity index (χ2n) is 4.64.